The van der Waals surface area contributed by atoms with E-state index in [1.807, 2.05) is 115 Å². The third-order valence-corrected chi connectivity index (χ3v) is 28.4. The van der Waals surface area contributed by atoms with Crippen molar-refractivity contribution in [1.82, 2.24) is 0 Å². The summed E-state index contributed by atoms with van der Waals surface area (Å²) in [5.74, 6) is 6.04. The van der Waals surface area contributed by atoms with Gasteiger partial charge in [0.15, 0.2) is 0 Å². The van der Waals surface area contributed by atoms with Crippen LogP contribution in [0.5, 0.6) is 0 Å². The van der Waals surface area contributed by atoms with Gasteiger partial charge in [-0.1, -0.05) is 55.1 Å². The Morgan fingerprint density at radius 2 is 0.898 bits per heavy atom. The summed E-state index contributed by atoms with van der Waals surface area (Å²) in [6.07, 6.45) is 0. The average molecular weight is 1120 g/mol. The monoisotopic (exact) mass is 1120 g/mol. The first-order valence-electron chi connectivity index (χ1n) is 19.4. The van der Waals surface area contributed by atoms with Crippen LogP contribution < -0.4 is 0 Å². The van der Waals surface area contributed by atoms with Gasteiger partial charge in [-0.25, -0.2) is 4.57 Å². The van der Waals surface area contributed by atoms with Gasteiger partial charge in [0.2, 0.25) is 11.4 Å². The molecule has 0 amide bonds. The molecule has 0 radical (unpaired) electrons. The van der Waals surface area contributed by atoms with Crippen LogP contribution in [0.15, 0.2) is 29.2 Å². The van der Waals surface area contributed by atoms with Gasteiger partial charge in [0.05, 0.1) is 64.5 Å². The van der Waals surface area contributed by atoms with Gasteiger partial charge in [-0.15, -0.1) is 11.8 Å². The lowest BCUT2D eigenvalue weighted by atomic mass is 10.4. The Bertz CT molecular complexity index is 1210. The molecular formula is C34H71ClO10P4S10. The first-order chi connectivity index (χ1) is 28.1. The molecule has 25 heteroatoms. The van der Waals surface area contributed by atoms with E-state index in [0.717, 1.165) is 49.7 Å². The molecule has 0 spiro atoms. The smallest absolute Gasteiger partial charge is 0.322 e. The zero-order chi connectivity index (χ0) is 45.3. The summed E-state index contributed by atoms with van der Waals surface area (Å²) in [5.41, 5.74) is -4.18. The predicted octanol–water partition coefficient (Wildman–Crippen LogP) is 15.9. The second-order valence-corrected chi connectivity index (χ2v) is 35.9. The van der Waals surface area contributed by atoms with E-state index in [1.54, 1.807) is 34.5 Å². The van der Waals surface area contributed by atoms with Crippen LogP contribution in [0, 0.1) is 0 Å². The number of benzene rings is 1. The van der Waals surface area contributed by atoms with Crippen molar-refractivity contribution in [3.05, 3.63) is 29.3 Å². The van der Waals surface area contributed by atoms with Gasteiger partial charge in [-0.05, 0) is 144 Å². The summed E-state index contributed by atoms with van der Waals surface area (Å²) in [6, 6.07) is 7.77. The largest absolute Gasteiger partial charge is 0.389 e. The fraction of sp³-hybridized carbons (Fsp3) is 0.824. The van der Waals surface area contributed by atoms with Gasteiger partial charge in [0.25, 0.3) is 0 Å². The molecule has 0 aliphatic carbocycles. The van der Waals surface area contributed by atoms with Crippen molar-refractivity contribution in [2.75, 3.05) is 104 Å². The van der Waals surface area contributed by atoms with Crippen LogP contribution in [0.3, 0.4) is 0 Å². The molecule has 0 aromatic heterocycles. The van der Waals surface area contributed by atoms with Crippen molar-refractivity contribution in [3.8, 4) is 0 Å². The van der Waals surface area contributed by atoms with E-state index in [9.17, 15) is 4.57 Å². The zero-order valence-corrected chi connectivity index (χ0v) is 49.2. The van der Waals surface area contributed by atoms with Gasteiger partial charge < -0.3 is 40.7 Å². The molecule has 0 saturated carbocycles. The van der Waals surface area contributed by atoms with Crippen LogP contribution in [0.4, 0.5) is 0 Å². The fourth-order valence-electron chi connectivity index (χ4n) is 3.29. The lowest BCUT2D eigenvalue weighted by molar-refractivity contribution is 0.174. The minimum atomic E-state index is -2.86. The molecule has 0 fully saturated rings. The zero-order valence-electron chi connectivity index (χ0n) is 36.7. The SMILES string of the molecule is CCOP(=O)(OCC)SCCSCC.CCOP(=S)(OCC)OCCSCC.CCOP(=S)(OCC)SCSCC.CCOP(=S)(OCC)SCSc1ccc(Cl)cc1. The quantitative estimate of drug-likeness (QED) is 0.0283. The van der Waals surface area contributed by atoms with Crippen molar-refractivity contribution < 1.29 is 45.3 Å². The van der Waals surface area contributed by atoms with Crippen molar-refractivity contribution >= 4 is 153 Å². The van der Waals surface area contributed by atoms with Gasteiger partial charge in [0.1, 0.15) is 0 Å². The van der Waals surface area contributed by atoms with Gasteiger partial charge in [-0.2, -0.15) is 35.3 Å². The predicted molar refractivity (Wildman–Crippen MR) is 288 cm³/mol. The molecule has 10 nitrogen and oxygen atoms in total. The van der Waals surface area contributed by atoms with Crippen molar-refractivity contribution in [2.45, 2.75) is 81.1 Å². The Balaban J connectivity index is -0.000000715. The number of thioether (sulfide) groups is 4. The number of halogens is 1. The maximum absolute atomic E-state index is 11.9. The molecule has 0 aliphatic heterocycles. The normalized spacial score (nSPS) is 11.9. The number of hydrogen-bond donors (Lipinski definition) is 0. The highest BCUT2D eigenvalue weighted by molar-refractivity contribution is 8.70. The highest BCUT2D eigenvalue weighted by atomic mass is 35.5. The van der Waals surface area contributed by atoms with Gasteiger partial charge in [-0.3, -0.25) is 0 Å². The first kappa shape index (κ1) is 67.1. The van der Waals surface area contributed by atoms with E-state index in [2.05, 4.69) is 20.8 Å². The summed E-state index contributed by atoms with van der Waals surface area (Å²) in [4.78, 5) is 1.17. The third kappa shape index (κ3) is 41.7. The van der Waals surface area contributed by atoms with Crippen LogP contribution in [0.1, 0.15) is 76.2 Å². The summed E-state index contributed by atoms with van der Waals surface area (Å²) in [7, 11) is 0. The van der Waals surface area contributed by atoms with E-state index < -0.39 is 24.9 Å². The molecule has 0 aliphatic rings. The van der Waals surface area contributed by atoms with Crippen LogP contribution >= 0.6 is 118 Å². The number of rotatable bonds is 34. The molecule has 0 unspecified atom stereocenters. The molecule has 1 rings (SSSR count). The van der Waals surface area contributed by atoms with Crippen molar-refractivity contribution in [3.63, 3.8) is 0 Å². The minimum absolute atomic E-state index is 0.436. The number of hydrogen-bond acceptors (Lipinski definition) is 20. The van der Waals surface area contributed by atoms with E-state index in [1.165, 1.54) is 16.3 Å². The topological polar surface area (TPSA) is 100 Å². The molecule has 59 heavy (non-hydrogen) atoms. The minimum Gasteiger partial charge on any atom is -0.322 e. The highest BCUT2D eigenvalue weighted by Gasteiger charge is 2.24. The molecule has 0 atom stereocenters. The van der Waals surface area contributed by atoms with Crippen LogP contribution in [0.2, 0.25) is 5.02 Å². The maximum atomic E-state index is 11.9. The van der Waals surface area contributed by atoms with Crippen LogP contribution in [-0.4, -0.2) is 104 Å². The molecular weight excluding hydrogens is 1050 g/mol. The van der Waals surface area contributed by atoms with Crippen LogP contribution in [0.25, 0.3) is 0 Å². The van der Waals surface area contributed by atoms with E-state index in [-0.39, 0.29) is 0 Å². The highest BCUT2D eigenvalue weighted by Crippen LogP contribution is 2.63. The van der Waals surface area contributed by atoms with Crippen molar-refractivity contribution in [1.29, 1.82) is 0 Å². The lowest BCUT2D eigenvalue weighted by Gasteiger charge is -2.20. The maximum Gasteiger partial charge on any atom is 0.389 e. The fourth-order valence-corrected chi connectivity index (χ4v) is 24.6. The summed E-state index contributed by atoms with van der Waals surface area (Å²) < 4.78 is 60.3. The Morgan fingerprint density at radius 1 is 0.492 bits per heavy atom. The van der Waals surface area contributed by atoms with E-state index in [0.29, 0.717) is 59.5 Å². The lowest BCUT2D eigenvalue weighted by Crippen LogP contribution is -2.02. The van der Waals surface area contributed by atoms with Gasteiger partial charge in [0, 0.05) is 32.3 Å². The average Bonchev–Trinajstić information content (AvgIpc) is 3.18. The molecule has 0 saturated heterocycles. The Kier molecular flexibility index (Phi) is 51.8. The van der Waals surface area contributed by atoms with Crippen LogP contribution in [-0.2, 0) is 80.7 Å². The van der Waals surface area contributed by atoms with Gasteiger partial charge >= 0.3 is 13.5 Å². The second kappa shape index (κ2) is 45.6. The Morgan fingerprint density at radius 3 is 1.31 bits per heavy atom. The molecule has 0 N–H and O–H groups in total. The van der Waals surface area contributed by atoms with Crippen molar-refractivity contribution in [2.24, 2.45) is 0 Å². The standard InChI is InChI=1S/C11H16ClO2PS3.2C8H19O3PS2.C7H17O2PS3/c1-3-13-15(16,14-4-2)18-9-17-11-7-5-10(12)6-8-11;1-4-10-12(9,11-5-2)14-8-7-13-6-3;1-4-9-12(13,10-5-2)11-7-8-14-6-3;1-4-8-10(11,9-5-2)13-7-12-6-3/h5-8H,3-4,9H2,1-2H3;2*4-8H2,1-3H3;4-7H2,1-3H3. The second-order valence-electron chi connectivity index (χ2n) is 9.78. The molecule has 0 bridgehead atoms. The molecule has 0 heterocycles. The van der Waals surface area contributed by atoms with E-state index in [4.69, 9.17) is 87.7 Å². The summed E-state index contributed by atoms with van der Waals surface area (Å²) >= 11 is 33.5. The molecule has 1 aromatic carbocycles. The Hall–Kier alpha value is 3.78. The first-order valence-corrected chi connectivity index (χ1v) is 38.4. The van der Waals surface area contributed by atoms with E-state index >= 15 is 0 Å². The third-order valence-electron chi connectivity index (χ3n) is 5.41. The molecule has 1 aromatic rings. The Labute approximate surface area is 409 Å². The summed E-state index contributed by atoms with van der Waals surface area (Å²) in [6.45, 7) is 21.3. The summed E-state index contributed by atoms with van der Waals surface area (Å²) in [5, 5.41) is 2.54. The molecule has 354 valence electrons.